The molecule has 3 rings (SSSR count). The first kappa shape index (κ1) is 15.7. The second-order valence-electron chi connectivity index (χ2n) is 6.68. The second kappa shape index (κ2) is 7.91. The van der Waals surface area contributed by atoms with Gasteiger partial charge in [-0.1, -0.05) is 42.5 Å². The van der Waals surface area contributed by atoms with Gasteiger partial charge in [0.05, 0.1) is 0 Å². The van der Waals surface area contributed by atoms with Crippen LogP contribution >= 0.6 is 0 Å². The molecule has 1 aromatic rings. The SMILES string of the molecule is CN1CCC(N2CCN(C/C=C/c3ccccc3)CC2)CC1. The third-order valence-electron chi connectivity index (χ3n) is 5.08. The Morgan fingerprint density at radius 3 is 2.32 bits per heavy atom. The van der Waals surface area contributed by atoms with Gasteiger partial charge in [-0.15, -0.1) is 0 Å². The first-order chi connectivity index (χ1) is 10.8. The van der Waals surface area contributed by atoms with E-state index in [2.05, 4.69) is 64.2 Å². The molecule has 0 bridgehead atoms. The Labute approximate surface area is 135 Å². The number of hydrogen-bond donors (Lipinski definition) is 0. The molecule has 2 aliphatic heterocycles. The fraction of sp³-hybridized carbons (Fsp3) is 0.579. The Morgan fingerprint density at radius 2 is 1.64 bits per heavy atom. The monoisotopic (exact) mass is 299 g/mol. The van der Waals surface area contributed by atoms with Gasteiger partial charge in [-0.25, -0.2) is 0 Å². The van der Waals surface area contributed by atoms with Gasteiger partial charge in [0, 0.05) is 38.8 Å². The molecule has 2 saturated heterocycles. The number of likely N-dealkylation sites (tertiary alicyclic amines) is 1. The average molecular weight is 299 g/mol. The Balaban J connectivity index is 1.39. The molecule has 120 valence electrons. The van der Waals surface area contributed by atoms with Gasteiger partial charge in [-0.05, 0) is 38.5 Å². The van der Waals surface area contributed by atoms with Crippen LogP contribution in [0.15, 0.2) is 36.4 Å². The van der Waals surface area contributed by atoms with Gasteiger partial charge in [0.15, 0.2) is 0 Å². The van der Waals surface area contributed by atoms with Gasteiger partial charge in [-0.2, -0.15) is 0 Å². The molecule has 1 aromatic carbocycles. The third-order valence-corrected chi connectivity index (χ3v) is 5.08. The molecular formula is C19H29N3. The van der Waals surface area contributed by atoms with Crippen molar-refractivity contribution in [1.82, 2.24) is 14.7 Å². The minimum absolute atomic E-state index is 0.832. The minimum Gasteiger partial charge on any atom is -0.306 e. The first-order valence-corrected chi connectivity index (χ1v) is 8.68. The van der Waals surface area contributed by atoms with Gasteiger partial charge in [0.1, 0.15) is 0 Å². The summed E-state index contributed by atoms with van der Waals surface area (Å²) in [5.41, 5.74) is 1.30. The third kappa shape index (κ3) is 4.42. The molecule has 3 nitrogen and oxygen atoms in total. The number of nitrogens with zero attached hydrogens (tertiary/aromatic N) is 3. The molecule has 0 radical (unpaired) electrons. The maximum absolute atomic E-state index is 2.73. The molecule has 2 aliphatic rings. The van der Waals surface area contributed by atoms with E-state index in [1.54, 1.807) is 0 Å². The zero-order valence-corrected chi connectivity index (χ0v) is 13.8. The molecule has 2 heterocycles. The quantitative estimate of drug-likeness (QED) is 0.845. The fourth-order valence-corrected chi connectivity index (χ4v) is 3.57. The summed E-state index contributed by atoms with van der Waals surface area (Å²) in [4.78, 5) is 7.76. The van der Waals surface area contributed by atoms with Crippen molar-refractivity contribution in [3.8, 4) is 0 Å². The van der Waals surface area contributed by atoms with Crippen molar-refractivity contribution in [3.05, 3.63) is 42.0 Å². The summed E-state index contributed by atoms with van der Waals surface area (Å²) >= 11 is 0. The summed E-state index contributed by atoms with van der Waals surface area (Å²) in [6.07, 6.45) is 7.25. The molecule has 0 atom stereocenters. The highest BCUT2D eigenvalue weighted by Crippen LogP contribution is 2.17. The van der Waals surface area contributed by atoms with Crippen molar-refractivity contribution >= 4 is 6.08 Å². The number of piperidine rings is 1. The molecule has 0 saturated carbocycles. The largest absolute Gasteiger partial charge is 0.306 e. The van der Waals surface area contributed by atoms with E-state index in [4.69, 9.17) is 0 Å². The van der Waals surface area contributed by atoms with E-state index in [0.29, 0.717) is 0 Å². The molecule has 0 aromatic heterocycles. The molecule has 0 unspecified atom stereocenters. The Kier molecular flexibility index (Phi) is 5.65. The van der Waals surface area contributed by atoms with Crippen molar-refractivity contribution in [2.45, 2.75) is 18.9 Å². The minimum atomic E-state index is 0.832. The van der Waals surface area contributed by atoms with Gasteiger partial charge < -0.3 is 4.90 Å². The Morgan fingerprint density at radius 1 is 0.955 bits per heavy atom. The first-order valence-electron chi connectivity index (χ1n) is 8.68. The lowest BCUT2D eigenvalue weighted by atomic mass is 10.0. The second-order valence-corrected chi connectivity index (χ2v) is 6.68. The van der Waals surface area contributed by atoms with E-state index >= 15 is 0 Å². The van der Waals surface area contributed by atoms with Gasteiger partial charge in [0.2, 0.25) is 0 Å². The van der Waals surface area contributed by atoms with E-state index in [9.17, 15) is 0 Å². The van der Waals surface area contributed by atoms with Crippen LogP contribution in [-0.4, -0.2) is 73.6 Å². The molecule has 3 heteroatoms. The van der Waals surface area contributed by atoms with E-state index in [0.717, 1.165) is 12.6 Å². The molecule has 0 aliphatic carbocycles. The van der Waals surface area contributed by atoms with Crippen LogP contribution < -0.4 is 0 Å². The molecular weight excluding hydrogens is 270 g/mol. The predicted molar refractivity (Wildman–Crippen MR) is 94.0 cm³/mol. The maximum Gasteiger partial charge on any atom is 0.0167 e. The van der Waals surface area contributed by atoms with Crippen LogP contribution in [0.4, 0.5) is 0 Å². The number of hydrogen-bond acceptors (Lipinski definition) is 3. The topological polar surface area (TPSA) is 9.72 Å². The number of rotatable bonds is 4. The maximum atomic E-state index is 2.73. The van der Waals surface area contributed by atoms with Gasteiger partial charge in [0.25, 0.3) is 0 Å². The van der Waals surface area contributed by atoms with E-state index in [-0.39, 0.29) is 0 Å². The molecule has 2 fully saturated rings. The fourth-order valence-electron chi connectivity index (χ4n) is 3.57. The number of piperazine rings is 1. The van der Waals surface area contributed by atoms with Crippen molar-refractivity contribution in [1.29, 1.82) is 0 Å². The van der Waals surface area contributed by atoms with Gasteiger partial charge >= 0.3 is 0 Å². The zero-order valence-electron chi connectivity index (χ0n) is 13.8. The lowest BCUT2D eigenvalue weighted by Gasteiger charge is -2.42. The van der Waals surface area contributed by atoms with Crippen LogP contribution in [0.3, 0.4) is 0 Å². The summed E-state index contributed by atoms with van der Waals surface area (Å²) in [5, 5.41) is 0. The summed E-state index contributed by atoms with van der Waals surface area (Å²) in [7, 11) is 2.24. The van der Waals surface area contributed by atoms with Crippen LogP contribution in [0.2, 0.25) is 0 Å². The molecule has 0 N–H and O–H groups in total. The van der Waals surface area contributed by atoms with Crippen LogP contribution in [0, 0.1) is 0 Å². The lowest BCUT2D eigenvalue weighted by molar-refractivity contribution is 0.0691. The highest BCUT2D eigenvalue weighted by atomic mass is 15.3. The van der Waals surface area contributed by atoms with Crippen LogP contribution in [0.5, 0.6) is 0 Å². The van der Waals surface area contributed by atoms with Crippen molar-refractivity contribution in [3.63, 3.8) is 0 Å². The summed E-state index contributed by atoms with van der Waals surface area (Å²) < 4.78 is 0. The van der Waals surface area contributed by atoms with E-state index < -0.39 is 0 Å². The Bertz CT molecular complexity index is 455. The van der Waals surface area contributed by atoms with Crippen molar-refractivity contribution in [2.24, 2.45) is 0 Å². The van der Waals surface area contributed by atoms with E-state index in [1.165, 1.54) is 57.7 Å². The van der Waals surface area contributed by atoms with Crippen molar-refractivity contribution in [2.75, 3.05) is 52.9 Å². The van der Waals surface area contributed by atoms with Crippen LogP contribution in [0.1, 0.15) is 18.4 Å². The number of benzene rings is 1. The normalized spacial score (nSPS) is 23.3. The predicted octanol–water partition coefficient (Wildman–Crippen LogP) is 2.41. The average Bonchev–Trinajstić information content (AvgIpc) is 2.57. The van der Waals surface area contributed by atoms with Crippen molar-refractivity contribution < 1.29 is 0 Å². The summed E-state index contributed by atoms with van der Waals surface area (Å²) in [5.74, 6) is 0. The van der Waals surface area contributed by atoms with Gasteiger partial charge in [-0.3, -0.25) is 9.80 Å². The standard InChI is InChI=1S/C19H29N3/c1-20-12-9-19(10-13-20)22-16-14-21(15-17-22)11-5-8-18-6-3-2-4-7-18/h2-8,19H,9-17H2,1H3/b8-5+. The van der Waals surface area contributed by atoms with Crippen LogP contribution in [0.25, 0.3) is 6.08 Å². The zero-order chi connectivity index (χ0) is 15.2. The summed E-state index contributed by atoms with van der Waals surface area (Å²) in [6.45, 7) is 8.53. The highest BCUT2D eigenvalue weighted by molar-refractivity contribution is 5.48. The Hall–Kier alpha value is -1.16. The highest BCUT2D eigenvalue weighted by Gasteiger charge is 2.25. The van der Waals surface area contributed by atoms with E-state index in [1.807, 2.05) is 0 Å². The smallest absolute Gasteiger partial charge is 0.0167 e. The van der Waals surface area contributed by atoms with Crippen LogP contribution in [-0.2, 0) is 0 Å². The molecule has 0 amide bonds. The molecule has 0 spiro atoms. The lowest BCUT2D eigenvalue weighted by Crippen LogP contribution is -2.52. The molecule has 22 heavy (non-hydrogen) atoms. The summed E-state index contributed by atoms with van der Waals surface area (Å²) in [6, 6.07) is 11.4.